The van der Waals surface area contributed by atoms with E-state index in [1.54, 1.807) is 40.3 Å². The Labute approximate surface area is 212 Å². The number of hydrogen-bond donors (Lipinski definition) is 0. The number of aromatic nitrogens is 4. The van der Waals surface area contributed by atoms with E-state index in [4.69, 9.17) is 0 Å². The Hall–Kier alpha value is -4.21. The highest BCUT2D eigenvalue weighted by Gasteiger charge is 2.35. The Morgan fingerprint density at radius 3 is 2.46 bits per heavy atom. The third-order valence-corrected chi connectivity index (χ3v) is 6.38. The first-order valence-corrected chi connectivity index (χ1v) is 11.8. The van der Waals surface area contributed by atoms with Crippen molar-refractivity contribution in [3.63, 3.8) is 0 Å². The molecule has 2 amide bonds. The van der Waals surface area contributed by atoms with Crippen LogP contribution in [0, 0.1) is 0 Å². The molecular formula is C27H25F3N6O. The summed E-state index contributed by atoms with van der Waals surface area (Å²) in [5.41, 5.74) is 3.13. The lowest BCUT2D eigenvalue weighted by atomic mass is 10.00. The standard InChI is InChI=1S/C27H25F3N6O/c1-17(2)21-6-4-5-7-22(21)35-14-20-12-31-16-32-24(20)36(26(35)37)13-18-8-10-19(11-9-18)25-33-23(15-34(25)3)27(28,29)30/h4-12,15-17H,13-14H2,1-3H3. The number of anilines is 2. The van der Waals surface area contributed by atoms with Crippen molar-refractivity contribution >= 4 is 17.5 Å². The zero-order chi connectivity index (χ0) is 26.3. The number of aryl methyl sites for hydroxylation is 1. The predicted octanol–water partition coefficient (Wildman–Crippen LogP) is 6.17. The molecule has 0 fully saturated rings. The van der Waals surface area contributed by atoms with Crippen molar-refractivity contribution in [3.05, 3.63) is 89.6 Å². The van der Waals surface area contributed by atoms with Crippen LogP contribution in [0.15, 0.2) is 67.3 Å². The van der Waals surface area contributed by atoms with Gasteiger partial charge in [-0.2, -0.15) is 13.2 Å². The molecule has 0 N–H and O–H groups in total. The second-order valence-corrected chi connectivity index (χ2v) is 9.30. The number of amides is 2. The first-order valence-electron chi connectivity index (χ1n) is 11.8. The summed E-state index contributed by atoms with van der Waals surface area (Å²) in [7, 11) is 1.53. The van der Waals surface area contributed by atoms with Crippen molar-refractivity contribution in [2.45, 2.75) is 39.0 Å². The molecule has 0 saturated heterocycles. The van der Waals surface area contributed by atoms with Crippen molar-refractivity contribution in [3.8, 4) is 11.4 Å². The Kier molecular flexibility index (Phi) is 6.18. The van der Waals surface area contributed by atoms with Crippen molar-refractivity contribution in [2.24, 2.45) is 7.05 Å². The van der Waals surface area contributed by atoms with Gasteiger partial charge in [0.05, 0.1) is 13.1 Å². The molecule has 7 nitrogen and oxygen atoms in total. The van der Waals surface area contributed by atoms with E-state index in [9.17, 15) is 18.0 Å². The summed E-state index contributed by atoms with van der Waals surface area (Å²) in [6.45, 7) is 4.76. The SMILES string of the molecule is CC(C)c1ccccc1N1Cc2cncnc2N(Cc2ccc(-c3nc(C(F)(F)F)cn3C)cc2)C1=O. The topological polar surface area (TPSA) is 67.2 Å². The van der Waals surface area contributed by atoms with Crippen LogP contribution >= 0.6 is 0 Å². The van der Waals surface area contributed by atoms with Gasteiger partial charge in [-0.05, 0) is 23.1 Å². The third kappa shape index (κ3) is 4.66. The number of hydrogen-bond acceptors (Lipinski definition) is 4. The molecular weight excluding hydrogens is 481 g/mol. The molecule has 3 heterocycles. The zero-order valence-electron chi connectivity index (χ0n) is 20.6. The number of urea groups is 1. The van der Waals surface area contributed by atoms with Gasteiger partial charge >= 0.3 is 12.2 Å². The highest BCUT2D eigenvalue weighted by Crippen LogP contribution is 2.35. The number of fused-ring (bicyclic) bond motifs is 1. The largest absolute Gasteiger partial charge is 0.434 e. The van der Waals surface area contributed by atoms with Crippen LogP contribution in [0.5, 0.6) is 0 Å². The van der Waals surface area contributed by atoms with Crippen LogP contribution in [-0.4, -0.2) is 25.6 Å². The molecule has 10 heteroatoms. The van der Waals surface area contributed by atoms with Crippen LogP contribution in [0.3, 0.4) is 0 Å². The van der Waals surface area contributed by atoms with Gasteiger partial charge in [0.15, 0.2) is 5.69 Å². The van der Waals surface area contributed by atoms with Crippen LogP contribution < -0.4 is 9.80 Å². The van der Waals surface area contributed by atoms with Crippen LogP contribution in [0.4, 0.5) is 29.5 Å². The molecule has 2 aromatic carbocycles. The molecule has 1 aliphatic rings. The normalized spacial score (nSPS) is 13.9. The number of benzene rings is 2. The van der Waals surface area contributed by atoms with E-state index in [2.05, 4.69) is 28.8 Å². The van der Waals surface area contributed by atoms with Crippen molar-refractivity contribution in [1.82, 2.24) is 19.5 Å². The Morgan fingerprint density at radius 2 is 1.78 bits per heavy atom. The average Bonchev–Trinajstić information content (AvgIpc) is 3.28. The van der Waals surface area contributed by atoms with Gasteiger partial charge in [0.2, 0.25) is 0 Å². The predicted molar refractivity (Wildman–Crippen MR) is 134 cm³/mol. The molecule has 0 aliphatic carbocycles. The monoisotopic (exact) mass is 506 g/mol. The number of carbonyl (C=O) groups is 1. The minimum atomic E-state index is -4.51. The first-order chi connectivity index (χ1) is 17.6. The van der Waals surface area contributed by atoms with Gasteiger partial charge in [-0.15, -0.1) is 0 Å². The van der Waals surface area contributed by atoms with E-state index >= 15 is 0 Å². The molecule has 0 bridgehead atoms. The fourth-order valence-corrected chi connectivity index (χ4v) is 4.55. The quantitative estimate of drug-likeness (QED) is 0.325. The third-order valence-electron chi connectivity index (χ3n) is 6.38. The van der Waals surface area contributed by atoms with E-state index in [1.807, 2.05) is 24.3 Å². The van der Waals surface area contributed by atoms with E-state index in [0.29, 0.717) is 17.9 Å². The molecule has 190 valence electrons. The maximum atomic E-state index is 13.8. The molecule has 0 radical (unpaired) electrons. The number of carbonyl (C=O) groups excluding carboxylic acids is 1. The van der Waals surface area contributed by atoms with Gasteiger partial charge in [0.1, 0.15) is 18.0 Å². The van der Waals surface area contributed by atoms with Gasteiger partial charge in [0.25, 0.3) is 0 Å². The molecule has 0 spiro atoms. The van der Waals surface area contributed by atoms with E-state index in [1.165, 1.54) is 17.9 Å². The van der Waals surface area contributed by atoms with E-state index in [-0.39, 0.29) is 24.3 Å². The molecule has 1 aliphatic heterocycles. The second-order valence-electron chi connectivity index (χ2n) is 9.30. The second kappa shape index (κ2) is 9.34. The number of halogens is 3. The smallest absolute Gasteiger partial charge is 0.333 e. The van der Waals surface area contributed by atoms with Crippen LogP contribution in [-0.2, 0) is 26.3 Å². The van der Waals surface area contributed by atoms with Crippen LogP contribution in [0.2, 0.25) is 0 Å². The summed E-state index contributed by atoms with van der Waals surface area (Å²) in [5, 5.41) is 0. The van der Waals surface area contributed by atoms with Crippen LogP contribution in [0.1, 0.15) is 42.1 Å². The van der Waals surface area contributed by atoms with Crippen LogP contribution in [0.25, 0.3) is 11.4 Å². The number of para-hydroxylation sites is 1. The number of nitrogens with zero attached hydrogens (tertiary/aromatic N) is 6. The number of rotatable bonds is 5. The van der Waals surface area contributed by atoms with E-state index < -0.39 is 11.9 Å². The Morgan fingerprint density at radius 1 is 1.05 bits per heavy atom. The highest BCUT2D eigenvalue weighted by molar-refractivity contribution is 6.05. The van der Waals surface area contributed by atoms with Crippen molar-refractivity contribution in [1.29, 1.82) is 0 Å². The van der Waals surface area contributed by atoms with Gasteiger partial charge in [-0.1, -0.05) is 56.3 Å². The van der Waals surface area contributed by atoms with E-state index in [0.717, 1.165) is 28.6 Å². The molecule has 0 saturated carbocycles. The summed E-state index contributed by atoms with van der Waals surface area (Å²) in [6, 6.07) is 14.6. The molecule has 2 aromatic heterocycles. The fourth-order valence-electron chi connectivity index (χ4n) is 4.55. The highest BCUT2D eigenvalue weighted by atomic mass is 19.4. The van der Waals surface area contributed by atoms with Gasteiger partial charge in [-0.3, -0.25) is 9.80 Å². The molecule has 5 rings (SSSR count). The minimum Gasteiger partial charge on any atom is -0.333 e. The van der Waals surface area contributed by atoms with Crippen molar-refractivity contribution < 1.29 is 18.0 Å². The lowest BCUT2D eigenvalue weighted by Crippen LogP contribution is -2.47. The number of imidazole rings is 1. The first kappa shape index (κ1) is 24.5. The average molecular weight is 507 g/mol. The summed E-state index contributed by atoms with van der Waals surface area (Å²) < 4.78 is 40.6. The Balaban J connectivity index is 1.46. The molecule has 4 aromatic rings. The summed E-state index contributed by atoms with van der Waals surface area (Å²) in [4.78, 5) is 29.4. The van der Waals surface area contributed by atoms with Crippen molar-refractivity contribution in [2.75, 3.05) is 9.80 Å². The molecule has 0 unspecified atom stereocenters. The van der Waals surface area contributed by atoms with Gasteiger partial charge in [0, 0.05) is 36.3 Å². The molecule has 0 atom stereocenters. The lowest BCUT2D eigenvalue weighted by Gasteiger charge is -2.37. The maximum Gasteiger partial charge on any atom is 0.434 e. The lowest BCUT2D eigenvalue weighted by molar-refractivity contribution is -0.140. The molecule has 37 heavy (non-hydrogen) atoms. The minimum absolute atomic E-state index is 0.206. The van der Waals surface area contributed by atoms with Gasteiger partial charge in [-0.25, -0.2) is 19.7 Å². The maximum absolute atomic E-state index is 13.8. The summed E-state index contributed by atoms with van der Waals surface area (Å²) in [5.74, 6) is 0.978. The number of alkyl halides is 3. The summed E-state index contributed by atoms with van der Waals surface area (Å²) >= 11 is 0. The summed E-state index contributed by atoms with van der Waals surface area (Å²) in [6.07, 6.45) is -0.413. The van der Waals surface area contributed by atoms with Gasteiger partial charge < -0.3 is 4.57 Å². The zero-order valence-corrected chi connectivity index (χ0v) is 20.6. The fraction of sp³-hybridized carbons (Fsp3) is 0.259. The Bertz CT molecular complexity index is 1450.